The van der Waals surface area contributed by atoms with E-state index in [0.717, 1.165) is 17.2 Å². The zero-order chi connectivity index (χ0) is 24.4. The minimum absolute atomic E-state index is 0.102. The Morgan fingerprint density at radius 3 is 1.41 bits per heavy atom. The predicted octanol–water partition coefficient (Wildman–Crippen LogP) is 6.37. The standard InChI is InChI=1S/C28H30O6/c1-6-9-16(19-14-23(33-4)17-10-7-12-21(31-2)25(17)27(19)29)20-15-24(34-5)18-11-8-13-22(32-3)26(18)28(20)30/h7-8,10-16,29-30H,6,9H2,1-5H3. The number of hydrogen-bond acceptors (Lipinski definition) is 6. The van der Waals surface area contributed by atoms with E-state index in [4.69, 9.17) is 18.9 Å². The first kappa shape index (κ1) is 23.4. The summed E-state index contributed by atoms with van der Waals surface area (Å²) in [6, 6.07) is 14.8. The quantitative estimate of drug-likeness (QED) is 0.317. The molecule has 34 heavy (non-hydrogen) atoms. The monoisotopic (exact) mass is 462 g/mol. The molecule has 0 aromatic heterocycles. The lowest BCUT2D eigenvalue weighted by atomic mass is 9.83. The average Bonchev–Trinajstić information content (AvgIpc) is 2.87. The van der Waals surface area contributed by atoms with E-state index in [1.54, 1.807) is 28.4 Å². The summed E-state index contributed by atoms with van der Waals surface area (Å²) in [5, 5.41) is 25.6. The maximum Gasteiger partial charge on any atom is 0.131 e. The maximum atomic E-state index is 11.5. The summed E-state index contributed by atoms with van der Waals surface area (Å²) in [5.41, 5.74) is 1.28. The number of ether oxygens (including phenoxy) is 4. The molecule has 0 unspecified atom stereocenters. The number of hydrogen-bond donors (Lipinski definition) is 2. The lowest BCUT2D eigenvalue weighted by molar-refractivity contribution is 0.405. The Hall–Kier alpha value is -3.80. The number of methoxy groups -OCH3 is 4. The minimum Gasteiger partial charge on any atom is -0.507 e. The van der Waals surface area contributed by atoms with Crippen LogP contribution in [0.2, 0.25) is 0 Å². The van der Waals surface area contributed by atoms with E-state index in [-0.39, 0.29) is 17.4 Å². The van der Waals surface area contributed by atoms with Crippen molar-refractivity contribution in [1.29, 1.82) is 0 Å². The third-order valence-electron chi connectivity index (χ3n) is 6.38. The van der Waals surface area contributed by atoms with E-state index in [0.29, 0.717) is 51.3 Å². The van der Waals surface area contributed by atoms with Crippen molar-refractivity contribution < 1.29 is 29.2 Å². The van der Waals surface area contributed by atoms with Gasteiger partial charge in [0.2, 0.25) is 0 Å². The molecule has 6 heteroatoms. The largest absolute Gasteiger partial charge is 0.507 e. The first-order chi connectivity index (χ1) is 16.5. The summed E-state index contributed by atoms with van der Waals surface area (Å²) in [4.78, 5) is 0. The van der Waals surface area contributed by atoms with Crippen LogP contribution in [0.4, 0.5) is 0 Å². The van der Waals surface area contributed by atoms with Gasteiger partial charge in [0.25, 0.3) is 0 Å². The predicted molar refractivity (Wildman–Crippen MR) is 134 cm³/mol. The fourth-order valence-corrected chi connectivity index (χ4v) is 4.80. The van der Waals surface area contributed by atoms with Crippen molar-refractivity contribution in [3.8, 4) is 34.5 Å². The van der Waals surface area contributed by atoms with Crippen molar-refractivity contribution >= 4 is 21.5 Å². The van der Waals surface area contributed by atoms with Gasteiger partial charge in [-0.25, -0.2) is 0 Å². The molecule has 0 radical (unpaired) electrons. The van der Waals surface area contributed by atoms with Crippen molar-refractivity contribution in [2.75, 3.05) is 28.4 Å². The molecule has 4 aromatic rings. The van der Waals surface area contributed by atoms with Crippen LogP contribution in [-0.2, 0) is 0 Å². The maximum absolute atomic E-state index is 11.5. The highest BCUT2D eigenvalue weighted by atomic mass is 16.5. The van der Waals surface area contributed by atoms with Gasteiger partial charge in [0.1, 0.15) is 34.5 Å². The van der Waals surface area contributed by atoms with Crippen LogP contribution in [0.15, 0.2) is 48.5 Å². The van der Waals surface area contributed by atoms with Crippen LogP contribution < -0.4 is 18.9 Å². The summed E-state index contributed by atoms with van der Waals surface area (Å²) in [6.07, 6.45) is 1.50. The Bertz CT molecular complexity index is 1240. The number of aromatic hydroxyl groups is 2. The van der Waals surface area contributed by atoms with Gasteiger partial charge < -0.3 is 29.2 Å². The van der Waals surface area contributed by atoms with Crippen molar-refractivity contribution in [3.63, 3.8) is 0 Å². The van der Waals surface area contributed by atoms with Crippen LogP contribution >= 0.6 is 0 Å². The first-order valence-corrected chi connectivity index (χ1v) is 11.2. The van der Waals surface area contributed by atoms with Gasteiger partial charge in [-0.05, 0) is 30.7 Å². The van der Waals surface area contributed by atoms with E-state index < -0.39 is 0 Å². The molecule has 0 saturated heterocycles. The Morgan fingerprint density at radius 2 is 1.06 bits per heavy atom. The molecule has 0 amide bonds. The van der Waals surface area contributed by atoms with E-state index >= 15 is 0 Å². The third-order valence-corrected chi connectivity index (χ3v) is 6.38. The number of phenols is 2. The van der Waals surface area contributed by atoms with Crippen molar-refractivity contribution in [3.05, 3.63) is 59.7 Å². The van der Waals surface area contributed by atoms with E-state index in [1.807, 2.05) is 48.5 Å². The Balaban J connectivity index is 2.07. The van der Waals surface area contributed by atoms with Crippen LogP contribution in [0.25, 0.3) is 21.5 Å². The van der Waals surface area contributed by atoms with Crippen molar-refractivity contribution in [2.24, 2.45) is 0 Å². The Labute approximate surface area is 199 Å². The van der Waals surface area contributed by atoms with Gasteiger partial charge in [-0.3, -0.25) is 0 Å². The van der Waals surface area contributed by atoms with Crippen molar-refractivity contribution in [2.45, 2.75) is 25.7 Å². The molecule has 0 bridgehead atoms. The highest BCUT2D eigenvalue weighted by Gasteiger charge is 2.27. The van der Waals surface area contributed by atoms with Crippen LogP contribution in [0.3, 0.4) is 0 Å². The van der Waals surface area contributed by atoms with Crippen molar-refractivity contribution in [1.82, 2.24) is 0 Å². The molecule has 0 fully saturated rings. The number of phenolic OH excluding ortho intramolecular Hbond substituents is 2. The molecular weight excluding hydrogens is 432 g/mol. The summed E-state index contributed by atoms with van der Waals surface area (Å²) < 4.78 is 22.5. The van der Waals surface area contributed by atoms with Gasteiger partial charge in [0.05, 0.1) is 39.2 Å². The van der Waals surface area contributed by atoms with Crippen LogP contribution in [0.1, 0.15) is 36.8 Å². The normalized spacial score (nSPS) is 11.2. The molecule has 0 atom stereocenters. The van der Waals surface area contributed by atoms with Crippen LogP contribution in [0.5, 0.6) is 34.5 Å². The second-order valence-electron chi connectivity index (χ2n) is 8.14. The highest BCUT2D eigenvalue weighted by Crippen LogP contribution is 2.50. The molecular formula is C28H30O6. The topological polar surface area (TPSA) is 77.4 Å². The lowest BCUT2D eigenvalue weighted by Gasteiger charge is -2.24. The third kappa shape index (κ3) is 3.69. The van der Waals surface area contributed by atoms with Crippen LogP contribution in [-0.4, -0.2) is 38.7 Å². The first-order valence-electron chi connectivity index (χ1n) is 11.2. The lowest BCUT2D eigenvalue weighted by Crippen LogP contribution is -2.05. The highest BCUT2D eigenvalue weighted by molar-refractivity contribution is 6.01. The van der Waals surface area contributed by atoms with Crippen LogP contribution in [0, 0.1) is 0 Å². The number of fused-ring (bicyclic) bond motifs is 2. The molecule has 0 saturated carbocycles. The Morgan fingerprint density at radius 1 is 0.647 bits per heavy atom. The summed E-state index contributed by atoms with van der Waals surface area (Å²) >= 11 is 0. The fraction of sp³-hybridized carbons (Fsp3) is 0.286. The molecule has 0 aliphatic carbocycles. The number of benzene rings is 4. The smallest absolute Gasteiger partial charge is 0.131 e. The molecule has 4 aromatic carbocycles. The van der Waals surface area contributed by atoms with Gasteiger partial charge >= 0.3 is 0 Å². The van der Waals surface area contributed by atoms with E-state index in [9.17, 15) is 10.2 Å². The van der Waals surface area contributed by atoms with Gasteiger partial charge in [-0.2, -0.15) is 0 Å². The summed E-state index contributed by atoms with van der Waals surface area (Å²) in [7, 11) is 6.35. The van der Waals surface area contributed by atoms with Gasteiger partial charge in [-0.1, -0.05) is 37.6 Å². The molecule has 4 rings (SSSR count). The average molecular weight is 463 g/mol. The zero-order valence-electron chi connectivity index (χ0n) is 20.1. The van der Waals surface area contributed by atoms with E-state index in [2.05, 4.69) is 6.92 Å². The van der Waals surface area contributed by atoms with Gasteiger partial charge in [0.15, 0.2) is 0 Å². The van der Waals surface area contributed by atoms with Gasteiger partial charge in [0, 0.05) is 27.8 Å². The zero-order valence-corrected chi connectivity index (χ0v) is 20.1. The molecule has 0 aliphatic heterocycles. The molecule has 0 spiro atoms. The summed E-state index contributed by atoms with van der Waals surface area (Å²) in [5.74, 6) is 2.20. The molecule has 0 aliphatic rings. The second kappa shape index (κ2) is 9.59. The fourth-order valence-electron chi connectivity index (χ4n) is 4.80. The molecule has 6 nitrogen and oxygen atoms in total. The molecule has 0 heterocycles. The summed E-state index contributed by atoms with van der Waals surface area (Å²) in [6.45, 7) is 2.07. The van der Waals surface area contributed by atoms with E-state index in [1.165, 1.54) is 0 Å². The second-order valence-corrected chi connectivity index (χ2v) is 8.14. The molecule has 178 valence electrons. The number of rotatable bonds is 8. The SMILES string of the molecule is CCCC(c1cc(OC)c2cccc(OC)c2c1O)c1cc(OC)c2cccc(OC)c2c1O. The van der Waals surface area contributed by atoms with Gasteiger partial charge in [-0.15, -0.1) is 0 Å². The minimum atomic E-state index is -0.337. The molecule has 2 N–H and O–H groups in total. The Kier molecular flexibility index (Phi) is 6.59.